The Bertz CT molecular complexity index is 5180. The number of carboxylic acid groups (broad SMARTS) is 4. The van der Waals surface area contributed by atoms with Crippen LogP contribution in [0.25, 0.3) is 56.3 Å². The zero-order valence-electron chi connectivity index (χ0n) is 60.6. The molecule has 0 atom stereocenters. The van der Waals surface area contributed by atoms with Crippen molar-refractivity contribution in [3.63, 3.8) is 0 Å². The van der Waals surface area contributed by atoms with Crippen molar-refractivity contribution in [3.8, 4) is 51.3 Å². The number of ether oxygens (including phenoxy) is 1. The summed E-state index contributed by atoms with van der Waals surface area (Å²) >= 11 is 0. The summed E-state index contributed by atoms with van der Waals surface area (Å²) < 4.78 is 26.0. The molecule has 0 fully saturated rings. The van der Waals surface area contributed by atoms with Gasteiger partial charge in [0.2, 0.25) is 0 Å². The zero-order chi connectivity index (χ0) is 76.1. The fourth-order valence-corrected chi connectivity index (χ4v) is 11.8. The van der Waals surface area contributed by atoms with E-state index in [2.05, 4.69) is 92.7 Å². The van der Waals surface area contributed by atoms with E-state index in [9.17, 15) is 29.4 Å². The molecule has 0 amide bonds. The molecule has 8 heterocycles. The number of benzene rings is 5. The van der Waals surface area contributed by atoms with E-state index in [1.807, 2.05) is 74.5 Å². The highest BCUT2D eigenvalue weighted by molar-refractivity contribution is 5.96. The van der Waals surface area contributed by atoms with Crippen LogP contribution in [0.15, 0.2) is 195 Å². The van der Waals surface area contributed by atoms with Gasteiger partial charge in [-0.05, 0) is 171 Å². The Kier molecular flexibility index (Phi) is 25.8. The van der Waals surface area contributed by atoms with Crippen molar-refractivity contribution in [2.45, 2.75) is 113 Å². The Hall–Kier alpha value is -13.3. The van der Waals surface area contributed by atoms with E-state index in [-0.39, 0.29) is 23.1 Å². The van der Waals surface area contributed by atoms with Crippen LogP contribution in [0.2, 0.25) is 0 Å². The lowest BCUT2D eigenvalue weighted by Crippen LogP contribution is -2.08. The van der Waals surface area contributed by atoms with Gasteiger partial charge in [-0.2, -0.15) is 0 Å². The molecule has 25 nitrogen and oxygen atoms in total. The van der Waals surface area contributed by atoms with Crippen LogP contribution < -0.4 is 26.0 Å². The van der Waals surface area contributed by atoms with Crippen molar-refractivity contribution in [2.24, 2.45) is 0 Å². The van der Waals surface area contributed by atoms with E-state index in [0.717, 1.165) is 170 Å². The highest BCUT2D eigenvalue weighted by Crippen LogP contribution is 2.35. The van der Waals surface area contributed by atoms with E-state index < -0.39 is 23.9 Å². The summed E-state index contributed by atoms with van der Waals surface area (Å²) in [6.45, 7) is 16.6. The highest BCUT2D eigenvalue weighted by atomic mass is 16.5. The summed E-state index contributed by atoms with van der Waals surface area (Å²) in [5.74, 6) is 2.07. The number of hydrogen-bond acceptors (Lipinski definition) is 21. The van der Waals surface area contributed by atoms with E-state index in [4.69, 9.17) is 42.6 Å². The Morgan fingerprint density at radius 3 is 1.03 bits per heavy atom. The van der Waals surface area contributed by atoms with Crippen molar-refractivity contribution >= 4 is 80.7 Å². The Morgan fingerprint density at radius 2 is 0.682 bits per heavy atom. The maximum atomic E-state index is 11.2. The number of carbonyl (C=O) groups is 4. The summed E-state index contributed by atoms with van der Waals surface area (Å²) in [5, 5.41) is 51.4. The molecule has 0 saturated heterocycles. The fraction of sp³-hybridized carbons (Fsp3) is 0.220. The molecule has 0 aliphatic heterocycles. The summed E-state index contributed by atoms with van der Waals surface area (Å²) in [6, 6.07) is 36.9. The summed E-state index contributed by atoms with van der Waals surface area (Å²) in [7, 11) is 1.50. The predicted molar refractivity (Wildman–Crippen MR) is 409 cm³/mol. The van der Waals surface area contributed by atoms with Crippen molar-refractivity contribution in [2.75, 3.05) is 28.4 Å². The molecule has 0 radical (unpaired) electrons. The van der Waals surface area contributed by atoms with E-state index in [0.29, 0.717) is 40.6 Å². The number of aliphatic carboxylic acids is 1. The monoisotopic (exact) mass is 1440 g/mol. The zero-order valence-corrected chi connectivity index (χ0v) is 60.6. The van der Waals surface area contributed by atoms with Crippen LogP contribution in [-0.4, -0.2) is 91.3 Å². The molecular formula is C82H82N12O13. The van der Waals surface area contributed by atoms with Gasteiger partial charge in [0.1, 0.15) is 54.1 Å². The number of fused-ring (bicyclic) bond motifs is 1. The maximum absolute atomic E-state index is 11.2. The van der Waals surface area contributed by atoms with Gasteiger partial charge in [0.05, 0.1) is 83.2 Å². The van der Waals surface area contributed by atoms with Gasteiger partial charge in [-0.1, -0.05) is 79.7 Å². The SMILES string of the molecule is CCc1nc(-c2ccoc2)nc(Nc2ccc(C(=O)O)cc2)c1CC.CCc1nc(-c2ccoc2)nc(Nc2ccc(C(=O)O)cc2OC)c1CC.CCc1nc(-c2ccoc2)nc(Nc2ccc(CC(=O)O)cc2)c1CC.CCc1nc(-c2ccoc2)nc(Nc2ccc3cc(C(=O)O)ccc3c2)c1CC. The van der Waals surface area contributed by atoms with Crippen molar-refractivity contribution in [1.82, 2.24) is 39.9 Å². The smallest absolute Gasteiger partial charge is 0.335 e. The number of methoxy groups -OCH3 is 1. The fourth-order valence-electron chi connectivity index (χ4n) is 11.8. The average molecular weight is 1440 g/mol. The van der Waals surface area contributed by atoms with Gasteiger partial charge >= 0.3 is 23.9 Å². The summed E-state index contributed by atoms with van der Waals surface area (Å²) in [6.07, 6.45) is 19.2. The van der Waals surface area contributed by atoms with E-state index >= 15 is 0 Å². The number of aryl methyl sites for hydroxylation is 4. The molecular weight excluding hydrogens is 1360 g/mol. The number of furan rings is 4. The number of carboxylic acids is 4. The van der Waals surface area contributed by atoms with Crippen LogP contribution in [0.5, 0.6) is 5.75 Å². The van der Waals surface area contributed by atoms with Crippen molar-refractivity contribution < 1.29 is 62.0 Å². The molecule has 0 unspecified atom stereocenters. The minimum atomic E-state index is -1.01. The molecule has 0 spiro atoms. The second-order valence-electron chi connectivity index (χ2n) is 24.1. The Labute approximate surface area is 617 Å². The predicted octanol–water partition coefficient (Wildman–Crippen LogP) is 18.3. The van der Waals surface area contributed by atoms with Crippen LogP contribution in [0, 0.1) is 0 Å². The molecule has 8 N–H and O–H groups in total. The Balaban J connectivity index is 0.000000153. The van der Waals surface area contributed by atoms with Gasteiger partial charge < -0.3 is 64.1 Å². The van der Waals surface area contributed by atoms with Gasteiger partial charge in [0, 0.05) is 62.1 Å². The first-order valence-corrected chi connectivity index (χ1v) is 35.0. The van der Waals surface area contributed by atoms with Crippen LogP contribution in [0.3, 0.4) is 0 Å². The molecule has 0 aliphatic carbocycles. The molecule has 107 heavy (non-hydrogen) atoms. The van der Waals surface area contributed by atoms with Crippen molar-refractivity contribution in [1.29, 1.82) is 0 Å². The molecule has 25 heteroatoms. The second-order valence-corrected chi connectivity index (χ2v) is 24.1. The minimum absolute atomic E-state index is 0.0125. The third kappa shape index (κ3) is 19.1. The van der Waals surface area contributed by atoms with E-state index in [1.54, 1.807) is 105 Å². The van der Waals surface area contributed by atoms with E-state index in [1.165, 1.54) is 19.2 Å². The summed E-state index contributed by atoms with van der Waals surface area (Å²) in [4.78, 5) is 81.6. The topological polar surface area (TPSA) is 362 Å². The second kappa shape index (κ2) is 36.2. The molecule has 548 valence electrons. The Morgan fingerprint density at radius 1 is 0.355 bits per heavy atom. The number of nitrogens with one attached hydrogen (secondary N) is 4. The third-order valence-electron chi connectivity index (χ3n) is 17.3. The molecule has 0 aliphatic rings. The quantitative estimate of drug-likeness (QED) is 0.0250. The van der Waals surface area contributed by atoms with Gasteiger partial charge in [-0.15, -0.1) is 0 Å². The van der Waals surface area contributed by atoms with Crippen LogP contribution in [-0.2, 0) is 62.6 Å². The van der Waals surface area contributed by atoms with Gasteiger partial charge in [0.15, 0.2) is 23.3 Å². The van der Waals surface area contributed by atoms with Crippen LogP contribution >= 0.6 is 0 Å². The molecule has 8 aromatic heterocycles. The van der Waals surface area contributed by atoms with Crippen LogP contribution in [0.4, 0.5) is 46.0 Å². The number of rotatable bonds is 26. The van der Waals surface area contributed by atoms with Gasteiger partial charge in [-0.3, -0.25) is 4.79 Å². The molecule has 13 rings (SSSR count). The first-order valence-electron chi connectivity index (χ1n) is 35.0. The first kappa shape index (κ1) is 76.3. The molecule has 0 saturated carbocycles. The first-order chi connectivity index (χ1) is 51.9. The van der Waals surface area contributed by atoms with Gasteiger partial charge in [-0.25, -0.2) is 54.3 Å². The number of aromatic nitrogens is 8. The van der Waals surface area contributed by atoms with Gasteiger partial charge in [0.25, 0.3) is 0 Å². The highest BCUT2D eigenvalue weighted by Gasteiger charge is 2.21. The standard InChI is InChI=1S/C23H21N3O3.C20H21N3O4.C20H21N3O3.C19H19N3O3/c1-3-19-20(4-2)25-21(17-9-10-29-13-17)26-22(19)24-18-8-7-14-11-16(23(27)28)6-5-15(14)12-18;1-4-14-15(5-2)21-18(13-8-9-27-11-13)23-19(14)22-16-7-6-12(20(24)25)10-17(16)26-3;1-3-16-17(4-2)22-19(14-9-10-26-12-14)23-20(16)21-15-7-5-13(6-8-15)11-18(24)25;1-3-15-16(4-2)21-17(13-9-10-25-11-13)22-18(15)20-14-7-5-12(6-8-14)19(23)24/h5-13H,3-4H2,1-2H3,(H,27,28)(H,24,25,26);6-11H,4-5H2,1-3H3,(H,24,25)(H,21,22,23);5-10,12H,3-4,11H2,1-2H3,(H,24,25)(H,21,22,23);5-11H,3-4H2,1-2H3,(H,23,24)(H,20,21,22). The lowest BCUT2D eigenvalue weighted by atomic mass is 10.1. The summed E-state index contributed by atoms with van der Waals surface area (Å²) in [5.41, 5.74) is 16.1. The van der Waals surface area contributed by atoms with Crippen LogP contribution in [0.1, 0.15) is 137 Å². The molecule has 0 bridgehead atoms. The number of aromatic carboxylic acids is 3. The third-order valence-corrected chi connectivity index (χ3v) is 17.3. The number of anilines is 8. The lowest BCUT2D eigenvalue weighted by molar-refractivity contribution is -0.136. The molecule has 13 aromatic rings. The average Bonchev–Trinajstić information content (AvgIpc) is 1.45. The largest absolute Gasteiger partial charge is 0.495 e. The normalized spacial score (nSPS) is 10.7. The lowest BCUT2D eigenvalue weighted by Gasteiger charge is -2.16. The maximum Gasteiger partial charge on any atom is 0.335 e. The minimum Gasteiger partial charge on any atom is -0.495 e. The molecule has 5 aromatic carbocycles. The van der Waals surface area contributed by atoms with Crippen molar-refractivity contribution in [3.05, 3.63) is 245 Å². The number of hydrogen-bond donors (Lipinski definition) is 8. The number of nitrogens with zero attached hydrogens (tertiary/aromatic N) is 8.